The molecule has 2 aromatic rings. The van der Waals surface area contributed by atoms with Crippen LogP contribution in [0, 0.1) is 36.0 Å². The first-order chi connectivity index (χ1) is 9.73. The molecule has 1 aromatic heterocycles. The molecule has 2 N–H and O–H groups in total. The summed E-state index contributed by atoms with van der Waals surface area (Å²) >= 11 is 0.502. The zero-order valence-corrected chi connectivity index (χ0v) is 10.9. The molecule has 0 fully saturated rings. The number of nitrogens with one attached hydrogen (secondary N) is 1. The number of hydrogen-bond donors (Lipinski definition) is 2. The van der Waals surface area contributed by atoms with Crippen LogP contribution in [-0.4, -0.2) is 16.1 Å². The predicted octanol–water partition coefficient (Wildman–Crippen LogP) is 3.59. The van der Waals surface area contributed by atoms with Gasteiger partial charge in [-0.05, 0) is 6.92 Å². The van der Waals surface area contributed by atoms with Gasteiger partial charge in [0, 0.05) is 0 Å². The minimum absolute atomic E-state index is 0.0406. The summed E-state index contributed by atoms with van der Waals surface area (Å²) in [5.41, 5.74) is -1.25. The van der Waals surface area contributed by atoms with E-state index in [4.69, 9.17) is 5.11 Å². The molecule has 4 nitrogen and oxygen atoms in total. The minimum Gasteiger partial charge on any atom is -0.477 e. The van der Waals surface area contributed by atoms with E-state index in [2.05, 4.69) is 4.98 Å². The average Bonchev–Trinajstić information content (AvgIpc) is 2.80. The van der Waals surface area contributed by atoms with E-state index in [1.807, 2.05) is 5.32 Å². The van der Waals surface area contributed by atoms with Gasteiger partial charge in [-0.3, -0.25) is 0 Å². The van der Waals surface area contributed by atoms with Crippen LogP contribution in [0.2, 0.25) is 0 Å². The van der Waals surface area contributed by atoms with Gasteiger partial charge in [0.25, 0.3) is 0 Å². The number of carboxylic acid groups (broad SMARTS) is 1. The Hall–Kier alpha value is -2.23. The number of hydrogen-bond acceptors (Lipinski definition) is 4. The zero-order chi connectivity index (χ0) is 15.9. The number of benzene rings is 1. The van der Waals surface area contributed by atoms with E-state index in [1.54, 1.807) is 0 Å². The summed E-state index contributed by atoms with van der Waals surface area (Å²) in [5, 5.41) is 10.4. The van der Waals surface area contributed by atoms with Crippen molar-refractivity contribution in [2.75, 3.05) is 5.32 Å². The van der Waals surface area contributed by atoms with Crippen molar-refractivity contribution in [1.82, 2.24) is 4.98 Å². The highest BCUT2D eigenvalue weighted by Crippen LogP contribution is 2.32. The van der Waals surface area contributed by atoms with Gasteiger partial charge in [-0.1, -0.05) is 11.3 Å². The van der Waals surface area contributed by atoms with Crippen LogP contribution in [0.3, 0.4) is 0 Å². The standard InChI is InChI=1S/C11H5F5N2O2S/c1-2-9(10(19)20)21-11(17-2)18-8-6(15)4(13)3(12)5(14)7(8)16/h1H3,(H,17,18)(H,19,20). The monoisotopic (exact) mass is 324 g/mol. The van der Waals surface area contributed by atoms with Crippen molar-refractivity contribution in [3.8, 4) is 0 Å². The molecule has 2 rings (SSSR count). The molecule has 0 aliphatic heterocycles. The molecular weight excluding hydrogens is 319 g/mol. The van der Waals surface area contributed by atoms with Crippen LogP contribution in [0.15, 0.2) is 0 Å². The van der Waals surface area contributed by atoms with E-state index in [-0.39, 0.29) is 15.7 Å². The number of rotatable bonds is 3. The molecule has 1 heterocycles. The Kier molecular flexibility index (Phi) is 3.81. The molecule has 0 spiro atoms. The number of aryl methyl sites for hydroxylation is 1. The molecule has 112 valence electrons. The number of carboxylic acids is 1. The number of carbonyl (C=O) groups is 1. The van der Waals surface area contributed by atoms with Crippen LogP contribution in [0.4, 0.5) is 32.8 Å². The average molecular weight is 324 g/mol. The Labute approximate surface area is 117 Å². The highest BCUT2D eigenvalue weighted by Gasteiger charge is 2.26. The number of thiazole rings is 1. The lowest BCUT2D eigenvalue weighted by Gasteiger charge is -2.08. The third kappa shape index (κ3) is 2.53. The fraction of sp³-hybridized carbons (Fsp3) is 0.0909. The lowest BCUT2D eigenvalue weighted by Crippen LogP contribution is -2.06. The Bertz CT molecular complexity index is 718. The largest absolute Gasteiger partial charge is 0.477 e. The molecule has 0 amide bonds. The molecule has 21 heavy (non-hydrogen) atoms. The summed E-state index contributed by atoms with van der Waals surface area (Å²) in [7, 11) is 0. The maximum atomic E-state index is 13.4. The Morgan fingerprint density at radius 1 is 1.05 bits per heavy atom. The van der Waals surface area contributed by atoms with Crippen LogP contribution in [-0.2, 0) is 0 Å². The Morgan fingerprint density at radius 3 is 1.95 bits per heavy atom. The van der Waals surface area contributed by atoms with E-state index in [0.717, 1.165) is 0 Å². The van der Waals surface area contributed by atoms with Gasteiger partial charge >= 0.3 is 5.97 Å². The van der Waals surface area contributed by atoms with Crippen molar-refractivity contribution >= 4 is 28.1 Å². The van der Waals surface area contributed by atoms with E-state index in [9.17, 15) is 26.7 Å². The molecule has 0 atom stereocenters. The molecule has 1 aromatic carbocycles. The summed E-state index contributed by atoms with van der Waals surface area (Å²) in [4.78, 5) is 14.2. The summed E-state index contributed by atoms with van der Waals surface area (Å²) in [6.07, 6.45) is 0. The van der Waals surface area contributed by atoms with Gasteiger partial charge in [0.2, 0.25) is 5.82 Å². The first-order valence-electron chi connectivity index (χ1n) is 5.23. The van der Waals surface area contributed by atoms with E-state index >= 15 is 0 Å². The molecule has 0 unspecified atom stereocenters. The summed E-state index contributed by atoms with van der Waals surface area (Å²) in [6, 6.07) is 0. The Morgan fingerprint density at radius 2 is 1.52 bits per heavy atom. The SMILES string of the molecule is Cc1nc(Nc2c(F)c(F)c(F)c(F)c2F)sc1C(=O)O. The van der Waals surface area contributed by atoms with Crippen molar-refractivity contribution in [3.63, 3.8) is 0 Å². The normalized spacial score (nSPS) is 10.8. The van der Waals surface area contributed by atoms with Crippen LogP contribution < -0.4 is 5.32 Å². The van der Waals surface area contributed by atoms with Crippen LogP contribution >= 0.6 is 11.3 Å². The number of aromatic nitrogens is 1. The third-order valence-corrected chi connectivity index (χ3v) is 3.49. The molecule has 0 saturated heterocycles. The van der Waals surface area contributed by atoms with Crippen molar-refractivity contribution in [2.45, 2.75) is 6.92 Å². The molecule has 0 aliphatic rings. The number of aromatic carboxylic acids is 1. The number of nitrogens with zero attached hydrogens (tertiary/aromatic N) is 1. The van der Waals surface area contributed by atoms with Gasteiger partial charge in [0.15, 0.2) is 28.4 Å². The molecular formula is C11H5F5N2O2S. The minimum atomic E-state index is -2.28. The zero-order valence-electron chi connectivity index (χ0n) is 10.1. The first kappa shape index (κ1) is 15.2. The van der Waals surface area contributed by atoms with E-state index in [0.29, 0.717) is 11.3 Å². The molecule has 10 heteroatoms. The van der Waals surface area contributed by atoms with Crippen molar-refractivity contribution in [2.24, 2.45) is 0 Å². The first-order valence-corrected chi connectivity index (χ1v) is 6.04. The molecule has 0 aliphatic carbocycles. The number of anilines is 2. The number of halogens is 5. The lowest BCUT2D eigenvalue weighted by atomic mass is 10.2. The third-order valence-electron chi connectivity index (χ3n) is 2.43. The lowest BCUT2D eigenvalue weighted by molar-refractivity contribution is 0.0701. The van der Waals surface area contributed by atoms with Gasteiger partial charge < -0.3 is 10.4 Å². The van der Waals surface area contributed by atoms with Crippen molar-refractivity contribution < 1.29 is 31.9 Å². The quantitative estimate of drug-likeness (QED) is 0.514. The fourth-order valence-corrected chi connectivity index (χ4v) is 2.28. The molecule has 0 radical (unpaired) electrons. The Balaban J connectivity index is 2.50. The van der Waals surface area contributed by atoms with Crippen LogP contribution in [0.25, 0.3) is 0 Å². The van der Waals surface area contributed by atoms with Gasteiger partial charge in [-0.2, -0.15) is 0 Å². The van der Waals surface area contributed by atoms with Crippen LogP contribution in [0.1, 0.15) is 15.4 Å². The van der Waals surface area contributed by atoms with Gasteiger partial charge in [0.1, 0.15) is 10.6 Å². The predicted molar refractivity (Wildman–Crippen MR) is 63.3 cm³/mol. The molecule has 0 saturated carbocycles. The second-order valence-electron chi connectivity index (χ2n) is 3.81. The second kappa shape index (κ2) is 5.28. The maximum Gasteiger partial charge on any atom is 0.347 e. The summed E-state index contributed by atoms with van der Waals surface area (Å²) in [6.45, 7) is 1.32. The second-order valence-corrected chi connectivity index (χ2v) is 4.81. The van der Waals surface area contributed by atoms with Crippen LogP contribution in [0.5, 0.6) is 0 Å². The topological polar surface area (TPSA) is 62.2 Å². The van der Waals surface area contributed by atoms with E-state index in [1.165, 1.54) is 6.92 Å². The van der Waals surface area contributed by atoms with E-state index < -0.39 is 40.7 Å². The highest BCUT2D eigenvalue weighted by molar-refractivity contribution is 7.17. The van der Waals surface area contributed by atoms with Gasteiger partial charge in [-0.15, -0.1) is 0 Å². The highest BCUT2D eigenvalue weighted by atomic mass is 32.1. The van der Waals surface area contributed by atoms with Crippen molar-refractivity contribution in [3.05, 3.63) is 39.7 Å². The molecule has 0 bridgehead atoms. The van der Waals surface area contributed by atoms with Crippen molar-refractivity contribution in [1.29, 1.82) is 0 Å². The van der Waals surface area contributed by atoms with Gasteiger partial charge in [0.05, 0.1) is 5.69 Å². The summed E-state index contributed by atoms with van der Waals surface area (Å²) < 4.78 is 65.7. The summed E-state index contributed by atoms with van der Waals surface area (Å²) in [5.74, 6) is -11.9. The van der Waals surface area contributed by atoms with Gasteiger partial charge in [-0.25, -0.2) is 31.7 Å². The fourth-order valence-electron chi connectivity index (χ4n) is 1.47. The smallest absolute Gasteiger partial charge is 0.347 e. The maximum absolute atomic E-state index is 13.4.